The Morgan fingerprint density at radius 1 is 1.03 bits per heavy atom. The molecular formula is C21H22ClN3O6. The highest BCUT2D eigenvalue weighted by Gasteiger charge is 2.23. The monoisotopic (exact) mass is 447 g/mol. The molecule has 0 unspecified atom stereocenters. The third-order valence-electron chi connectivity index (χ3n) is 4.93. The van der Waals surface area contributed by atoms with Gasteiger partial charge in [0.1, 0.15) is 11.3 Å². The zero-order valence-electron chi connectivity index (χ0n) is 17.3. The van der Waals surface area contributed by atoms with E-state index < -0.39 is 0 Å². The molecule has 2 heterocycles. The molecular weight excluding hydrogens is 426 g/mol. The lowest BCUT2D eigenvalue weighted by molar-refractivity contribution is 0.174. The van der Waals surface area contributed by atoms with E-state index >= 15 is 0 Å². The van der Waals surface area contributed by atoms with Crippen molar-refractivity contribution in [1.82, 2.24) is 9.97 Å². The fourth-order valence-electron chi connectivity index (χ4n) is 3.57. The lowest BCUT2D eigenvalue weighted by Crippen LogP contribution is -2.27. The highest BCUT2D eigenvalue weighted by Crippen LogP contribution is 2.45. The topological polar surface area (TPSA) is 95.4 Å². The van der Waals surface area contributed by atoms with Crippen LogP contribution in [0.5, 0.6) is 28.7 Å². The summed E-state index contributed by atoms with van der Waals surface area (Å²) in [4.78, 5) is 10.7. The summed E-state index contributed by atoms with van der Waals surface area (Å²) in [7, 11) is 4.58. The first-order valence-electron chi connectivity index (χ1n) is 9.50. The van der Waals surface area contributed by atoms with E-state index in [0.29, 0.717) is 58.6 Å². The van der Waals surface area contributed by atoms with Crippen molar-refractivity contribution in [2.24, 2.45) is 0 Å². The molecule has 0 fully saturated rings. The molecule has 1 aliphatic heterocycles. The van der Waals surface area contributed by atoms with Crippen molar-refractivity contribution < 1.29 is 28.8 Å². The summed E-state index contributed by atoms with van der Waals surface area (Å²) in [5.74, 6) is 3.17. The van der Waals surface area contributed by atoms with E-state index in [1.807, 2.05) is 23.1 Å². The number of halogens is 1. The summed E-state index contributed by atoms with van der Waals surface area (Å²) in [6.45, 7) is 0.870. The average molecular weight is 448 g/mol. The average Bonchev–Trinajstić information content (AvgIpc) is 3.24. The highest BCUT2D eigenvalue weighted by molar-refractivity contribution is 6.29. The van der Waals surface area contributed by atoms with Crippen molar-refractivity contribution in [3.05, 3.63) is 35.1 Å². The molecule has 1 aromatic heterocycles. The van der Waals surface area contributed by atoms with E-state index in [4.69, 9.17) is 35.3 Å². The maximum Gasteiger partial charge on any atom is 0.231 e. The molecule has 0 spiro atoms. The quantitative estimate of drug-likeness (QED) is 0.522. The van der Waals surface area contributed by atoms with Gasteiger partial charge >= 0.3 is 0 Å². The van der Waals surface area contributed by atoms with Crippen LogP contribution >= 0.6 is 11.6 Å². The SMILES string of the molecule is COc1cc2c(N(CCO)Cc3ccc4c(c3)OCO4)nc(Cl)nc2c(OC)c1OC. The zero-order valence-corrected chi connectivity index (χ0v) is 18.1. The molecule has 0 bridgehead atoms. The van der Waals surface area contributed by atoms with Crippen LogP contribution in [0.4, 0.5) is 5.82 Å². The summed E-state index contributed by atoms with van der Waals surface area (Å²) in [5, 5.41) is 10.4. The molecule has 4 rings (SSSR count). The number of anilines is 1. The standard InChI is InChI=1S/C21H22ClN3O6/c1-27-16-9-13-17(19(29-3)18(16)28-2)23-21(22)24-20(13)25(6-7-26)10-12-4-5-14-15(8-12)31-11-30-14/h4-5,8-9,26H,6-7,10-11H2,1-3H3. The van der Waals surface area contributed by atoms with Crippen LogP contribution in [0, 0.1) is 0 Å². The number of ether oxygens (including phenoxy) is 5. The molecule has 0 atom stereocenters. The van der Waals surface area contributed by atoms with Gasteiger partial charge in [0.15, 0.2) is 23.0 Å². The summed E-state index contributed by atoms with van der Waals surface area (Å²) < 4.78 is 27.4. The van der Waals surface area contributed by atoms with Gasteiger partial charge in [0.25, 0.3) is 0 Å². The minimum absolute atomic E-state index is 0.0432. The minimum Gasteiger partial charge on any atom is -0.493 e. The van der Waals surface area contributed by atoms with Crippen LogP contribution in [-0.4, -0.2) is 56.3 Å². The Morgan fingerprint density at radius 3 is 2.52 bits per heavy atom. The molecule has 31 heavy (non-hydrogen) atoms. The molecule has 0 saturated heterocycles. The first kappa shape index (κ1) is 21.1. The number of aromatic nitrogens is 2. The van der Waals surface area contributed by atoms with Crippen LogP contribution in [0.3, 0.4) is 0 Å². The Balaban J connectivity index is 1.84. The molecule has 0 radical (unpaired) electrons. The van der Waals surface area contributed by atoms with Crippen molar-refractivity contribution in [2.75, 3.05) is 46.2 Å². The second-order valence-corrected chi connectivity index (χ2v) is 7.03. The van der Waals surface area contributed by atoms with E-state index in [0.717, 1.165) is 5.56 Å². The molecule has 0 amide bonds. The van der Waals surface area contributed by atoms with Crippen LogP contribution in [-0.2, 0) is 6.54 Å². The van der Waals surface area contributed by atoms with Gasteiger partial charge in [0, 0.05) is 13.1 Å². The maximum atomic E-state index is 9.72. The zero-order chi connectivity index (χ0) is 22.0. The smallest absolute Gasteiger partial charge is 0.231 e. The number of fused-ring (bicyclic) bond motifs is 2. The molecule has 9 nitrogen and oxygen atoms in total. The van der Waals surface area contributed by atoms with Crippen LogP contribution in [0.25, 0.3) is 10.9 Å². The minimum atomic E-state index is -0.0852. The second kappa shape index (κ2) is 8.91. The Kier molecular flexibility index (Phi) is 6.06. The van der Waals surface area contributed by atoms with E-state index in [-0.39, 0.29) is 18.7 Å². The molecule has 164 valence electrons. The first-order chi connectivity index (χ1) is 15.1. The largest absolute Gasteiger partial charge is 0.493 e. The first-order valence-corrected chi connectivity index (χ1v) is 9.88. The Hall–Kier alpha value is -3.17. The lowest BCUT2D eigenvalue weighted by Gasteiger charge is -2.25. The van der Waals surface area contributed by atoms with Gasteiger partial charge in [-0.25, -0.2) is 4.98 Å². The van der Waals surface area contributed by atoms with Gasteiger partial charge in [-0.1, -0.05) is 6.07 Å². The maximum absolute atomic E-state index is 9.72. The summed E-state index contributed by atoms with van der Waals surface area (Å²) in [6, 6.07) is 7.47. The molecule has 0 aliphatic carbocycles. The number of benzene rings is 2. The van der Waals surface area contributed by atoms with Crippen molar-refractivity contribution in [1.29, 1.82) is 0 Å². The van der Waals surface area contributed by atoms with E-state index in [1.54, 1.807) is 6.07 Å². The molecule has 3 aromatic rings. The Labute approximate surface area is 184 Å². The van der Waals surface area contributed by atoms with Gasteiger partial charge in [-0.05, 0) is 35.4 Å². The van der Waals surface area contributed by atoms with Gasteiger partial charge in [0.05, 0.1) is 33.3 Å². The van der Waals surface area contributed by atoms with E-state index in [9.17, 15) is 5.11 Å². The van der Waals surface area contributed by atoms with Crippen LogP contribution < -0.4 is 28.6 Å². The van der Waals surface area contributed by atoms with Crippen molar-refractivity contribution in [2.45, 2.75) is 6.54 Å². The number of aliphatic hydroxyl groups excluding tert-OH is 1. The summed E-state index contributed by atoms with van der Waals surface area (Å²) in [5.41, 5.74) is 1.43. The van der Waals surface area contributed by atoms with E-state index in [2.05, 4.69) is 9.97 Å². The van der Waals surface area contributed by atoms with Gasteiger partial charge in [-0.2, -0.15) is 4.98 Å². The Bertz CT molecular complexity index is 1110. The number of hydrogen-bond acceptors (Lipinski definition) is 9. The molecule has 1 N–H and O–H groups in total. The predicted molar refractivity (Wildman–Crippen MR) is 115 cm³/mol. The van der Waals surface area contributed by atoms with Crippen LogP contribution in [0.2, 0.25) is 5.28 Å². The summed E-state index contributed by atoms with van der Waals surface area (Å²) in [6.07, 6.45) is 0. The van der Waals surface area contributed by atoms with Crippen LogP contribution in [0.15, 0.2) is 24.3 Å². The fraction of sp³-hybridized carbons (Fsp3) is 0.333. The lowest BCUT2D eigenvalue weighted by atomic mass is 10.1. The third kappa shape index (κ3) is 3.94. The van der Waals surface area contributed by atoms with Gasteiger partial charge in [-0.15, -0.1) is 0 Å². The Morgan fingerprint density at radius 2 is 1.81 bits per heavy atom. The third-order valence-corrected chi connectivity index (χ3v) is 5.10. The predicted octanol–water partition coefficient (Wildman–Crippen LogP) is 3.04. The fourth-order valence-corrected chi connectivity index (χ4v) is 3.73. The number of methoxy groups -OCH3 is 3. The highest BCUT2D eigenvalue weighted by atomic mass is 35.5. The van der Waals surface area contributed by atoms with Gasteiger partial charge in [-0.3, -0.25) is 0 Å². The number of rotatable bonds is 8. The number of hydrogen-bond donors (Lipinski definition) is 1. The molecule has 0 saturated carbocycles. The van der Waals surface area contributed by atoms with E-state index in [1.165, 1.54) is 21.3 Å². The summed E-state index contributed by atoms with van der Waals surface area (Å²) >= 11 is 6.27. The second-order valence-electron chi connectivity index (χ2n) is 6.69. The van der Waals surface area contributed by atoms with Crippen molar-refractivity contribution >= 4 is 28.3 Å². The van der Waals surface area contributed by atoms with Gasteiger partial charge < -0.3 is 33.7 Å². The van der Waals surface area contributed by atoms with Gasteiger partial charge in [0.2, 0.25) is 17.8 Å². The number of aliphatic hydroxyl groups is 1. The van der Waals surface area contributed by atoms with Crippen LogP contribution in [0.1, 0.15) is 5.56 Å². The van der Waals surface area contributed by atoms with Crippen molar-refractivity contribution in [3.63, 3.8) is 0 Å². The molecule has 1 aliphatic rings. The number of nitrogens with zero attached hydrogens (tertiary/aromatic N) is 3. The molecule has 10 heteroatoms. The molecule has 2 aromatic carbocycles. The van der Waals surface area contributed by atoms with Crippen molar-refractivity contribution in [3.8, 4) is 28.7 Å². The normalized spacial score (nSPS) is 12.2.